The third kappa shape index (κ3) is 7.57. The van der Waals surface area contributed by atoms with Gasteiger partial charge < -0.3 is 9.80 Å². The van der Waals surface area contributed by atoms with Crippen molar-refractivity contribution >= 4 is 11.8 Å². The highest BCUT2D eigenvalue weighted by Gasteiger charge is 2.37. The van der Waals surface area contributed by atoms with Crippen molar-refractivity contribution in [1.82, 2.24) is 35.4 Å². The van der Waals surface area contributed by atoms with Crippen molar-refractivity contribution in [3.63, 3.8) is 0 Å². The first-order valence-electron chi connectivity index (χ1n) is 14.7. The molecule has 2 fully saturated rings. The number of alkyl halides is 6. The van der Waals surface area contributed by atoms with Gasteiger partial charge in [0, 0.05) is 32.4 Å². The van der Waals surface area contributed by atoms with Gasteiger partial charge >= 0.3 is 12.4 Å². The van der Waals surface area contributed by atoms with Crippen LogP contribution < -0.4 is 0 Å². The molecule has 15 heteroatoms. The predicted octanol–water partition coefficient (Wildman–Crippen LogP) is 6.29. The van der Waals surface area contributed by atoms with Crippen molar-refractivity contribution in [2.24, 2.45) is 0 Å². The molecule has 2 aromatic heterocycles. The van der Waals surface area contributed by atoms with E-state index in [1.807, 2.05) is 0 Å². The molecule has 2 amide bonds. The van der Waals surface area contributed by atoms with Gasteiger partial charge in [-0.2, -0.15) is 46.9 Å². The van der Waals surface area contributed by atoms with Crippen LogP contribution >= 0.6 is 0 Å². The van der Waals surface area contributed by atoms with Crippen molar-refractivity contribution in [2.75, 3.05) is 26.2 Å². The second kappa shape index (κ2) is 13.7. The van der Waals surface area contributed by atoms with Gasteiger partial charge in [0.1, 0.15) is 5.69 Å². The average molecular weight is 648 g/mol. The number of hydrogen-bond donors (Lipinski definition) is 2. The molecule has 244 valence electrons. The monoisotopic (exact) mass is 647 g/mol. The summed E-state index contributed by atoms with van der Waals surface area (Å²) in [4.78, 5) is 27.6. The van der Waals surface area contributed by atoms with E-state index in [1.54, 1.807) is 34.1 Å². The Labute approximate surface area is 260 Å². The normalized spacial score (nSPS) is 16.6. The molecule has 0 aliphatic carbocycles. The largest absolute Gasteiger partial charge is 0.416 e. The zero-order chi connectivity index (χ0) is 32.9. The first-order chi connectivity index (χ1) is 21.9. The molecule has 2 saturated heterocycles. The predicted molar refractivity (Wildman–Crippen MR) is 154 cm³/mol. The van der Waals surface area contributed by atoms with Crippen molar-refractivity contribution in [3.05, 3.63) is 101 Å². The second-order valence-electron chi connectivity index (χ2n) is 11.1. The third-order valence-electron chi connectivity index (χ3n) is 8.34. The van der Waals surface area contributed by atoms with Crippen LogP contribution in [0.15, 0.2) is 67.0 Å². The molecule has 0 bridgehead atoms. The van der Waals surface area contributed by atoms with Gasteiger partial charge in [0.05, 0.1) is 17.3 Å². The van der Waals surface area contributed by atoms with E-state index in [0.29, 0.717) is 68.7 Å². The molecule has 2 aliphatic rings. The molecule has 0 unspecified atom stereocenters. The van der Waals surface area contributed by atoms with Crippen molar-refractivity contribution in [2.45, 2.75) is 49.9 Å². The number of carbonyl (C=O) groups excluding carboxylic acids is 2. The van der Waals surface area contributed by atoms with Gasteiger partial charge in [0.15, 0.2) is 5.69 Å². The average Bonchev–Trinajstić information content (AvgIpc) is 3.80. The van der Waals surface area contributed by atoms with Crippen molar-refractivity contribution in [3.8, 4) is 0 Å². The number of nitrogens with one attached hydrogen (secondary N) is 2. The van der Waals surface area contributed by atoms with Gasteiger partial charge in [-0.05, 0) is 66.8 Å². The fourth-order valence-electron chi connectivity index (χ4n) is 6.02. The molecule has 0 atom stereocenters. The van der Waals surface area contributed by atoms with Crippen LogP contribution in [0.5, 0.6) is 0 Å². The van der Waals surface area contributed by atoms with Crippen LogP contribution in [-0.2, 0) is 12.4 Å². The van der Waals surface area contributed by atoms with E-state index in [2.05, 4.69) is 25.6 Å². The lowest BCUT2D eigenvalue weighted by atomic mass is 9.86. The van der Waals surface area contributed by atoms with Crippen LogP contribution in [0.1, 0.15) is 80.7 Å². The number of H-pyrrole nitrogens is 2. The van der Waals surface area contributed by atoms with Gasteiger partial charge in [-0.15, -0.1) is 0 Å². The molecule has 2 aliphatic heterocycles. The Morgan fingerprint density at radius 2 is 1.15 bits per heavy atom. The highest BCUT2D eigenvalue weighted by Crippen LogP contribution is 2.40. The van der Waals surface area contributed by atoms with Gasteiger partial charge in [0.2, 0.25) is 0 Å². The molecule has 4 aromatic rings. The molecule has 4 heterocycles. The lowest BCUT2D eigenvalue weighted by Crippen LogP contribution is -2.38. The number of nitrogens with zero attached hydrogens (tertiary/aromatic N) is 5. The number of amides is 2. The lowest BCUT2D eigenvalue weighted by molar-refractivity contribution is -0.139. The summed E-state index contributed by atoms with van der Waals surface area (Å²) >= 11 is 0. The Morgan fingerprint density at radius 1 is 0.674 bits per heavy atom. The van der Waals surface area contributed by atoms with Crippen LogP contribution in [0, 0.1) is 0 Å². The van der Waals surface area contributed by atoms with E-state index >= 15 is 0 Å². The summed E-state index contributed by atoms with van der Waals surface area (Å²) in [6.45, 7) is 1.69. The molecule has 6 rings (SSSR count). The summed E-state index contributed by atoms with van der Waals surface area (Å²) in [6, 6.07) is 13.0. The Hall–Kier alpha value is -4.69. The number of rotatable bonds is 4. The Balaban J connectivity index is 0.000000181. The molecule has 2 N–H and O–H groups in total. The van der Waals surface area contributed by atoms with E-state index < -0.39 is 23.5 Å². The highest BCUT2D eigenvalue weighted by atomic mass is 19.4. The standard InChI is InChI=1S/C16H16F3N3O.C15H15F3N4O/c17-16(18,19)13-4-2-1-3-12(13)11-6-9-22(10-7-11)15(23)14-5-8-20-21-14;16-15(17,18)12-4-2-1-3-11(12)10-5-7-22(8-6-10)14(23)13-9-19-21-20-13/h1-5,8,11H,6-7,9-10H2,(H,20,21);1-4,9-10H,5-8H2,(H,19,20,21). The summed E-state index contributed by atoms with van der Waals surface area (Å²) in [5, 5.41) is 16.1. The summed E-state index contributed by atoms with van der Waals surface area (Å²) in [5.41, 5.74) is 0.111. The summed E-state index contributed by atoms with van der Waals surface area (Å²) in [6.07, 6.45) is -3.83. The zero-order valence-corrected chi connectivity index (χ0v) is 24.5. The van der Waals surface area contributed by atoms with Gasteiger partial charge in [-0.1, -0.05) is 36.4 Å². The maximum Gasteiger partial charge on any atom is 0.416 e. The molecular formula is C31H31F6N7O2. The van der Waals surface area contributed by atoms with Crippen molar-refractivity contribution < 1.29 is 35.9 Å². The number of hydrogen-bond acceptors (Lipinski definition) is 5. The number of carbonyl (C=O) groups is 2. The van der Waals surface area contributed by atoms with E-state index in [0.717, 1.165) is 12.1 Å². The maximum absolute atomic E-state index is 13.1. The minimum absolute atomic E-state index is 0.162. The SMILES string of the molecule is O=C(c1ccn[nH]1)N1CCC(c2ccccc2C(F)(F)F)CC1.O=C(c1cn[nH]n1)N1CCC(c2ccccc2C(F)(F)F)CC1. The topological polar surface area (TPSA) is 111 Å². The molecule has 9 nitrogen and oxygen atoms in total. The van der Waals surface area contributed by atoms with E-state index in [4.69, 9.17) is 0 Å². The second-order valence-corrected chi connectivity index (χ2v) is 11.1. The number of benzene rings is 2. The molecule has 46 heavy (non-hydrogen) atoms. The van der Waals surface area contributed by atoms with Crippen LogP contribution in [0.4, 0.5) is 26.3 Å². The van der Waals surface area contributed by atoms with E-state index in [1.165, 1.54) is 30.6 Å². The lowest BCUT2D eigenvalue weighted by Gasteiger charge is -2.33. The minimum Gasteiger partial charge on any atom is -0.337 e. The van der Waals surface area contributed by atoms with E-state index in [-0.39, 0.29) is 29.3 Å². The Kier molecular flexibility index (Phi) is 9.77. The van der Waals surface area contributed by atoms with Gasteiger partial charge in [0.25, 0.3) is 11.8 Å². The number of likely N-dealkylation sites (tertiary alicyclic amines) is 2. The molecule has 0 spiro atoms. The van der Waals surface area contributed by atoms with Crippen LogP contribution in [0.25, 0.3) is 0 Å². The van der Waals surface area contributed by atoms with Crippen molar-refractivity contribution in [1.29, 1.82) is 0 Å². The maximum atomic E-state index is 13.1. The van der Waals surface area contributed by atoms with Gasteiger partial charge in [-0.25, -0.2) is 0 Å². The first kappa shape index (κ1) is 32.7. The molecule has 0 saturated carbocycles. The first-order valence-corrected chi connectivity index (χ1v) is 14.7. The van der Waals surface area contributed by atoms with Crippen LogP contribution in [0.3, 0.4) is 0 Å². The fraction of sp³-hybridized carbons (Fsp3) is 0.387. The third-order valence-corrected chi connectivity index (χ3v) is 8.34. The fourth-order valence-corrected chi connectivity index (χ4v) is 6.02. The highest BCUT2D eigenvalue weighted by molar-refractivity contribution is 5.92. The van der Waals surface area contributed by atoms with E-state index in [9.17, 15) is 35.9 Å². The zero-order valence-electron chi connectivity index (χ0n) is 24.5. The summed E-state index contributed by atoms with van der Waals surface area (Å²) in [5.74, 6) is -0.792. The van der Waals surface area contributed by atoms with Crippen LogP contribution in [0.2, 0.25) is 0 Å². The van der Waals surface area contributed by atoms with Gasteiger partial charge in [-0.3, -0.25) is 14.7 Å². The summed E-state index contributed by atoms with van der Waals surface area (Å²) < 4.78 is 78.7. The minimum atomic E-state index is -4.36. The number of aromatic amines is 2. The molecular weight excluding hydrogens is 616 g/mol. The van der Waals surface area contributed by atoms with Crippen LogP contribution in [-0.4, -0.2) is 73.4 Å². The smallest absolute Gasteiger partial charge is 0.337 e. The number of aromatic nitrogens is 5. The number of piperidine rings is 2. The molecule has 0 radical (unpaired) electrons. The number of halogens is 6. The quantitative estimate of drug-likeness (QED) is 0.253. The Bertz CT molecular complexity index is 1470. The summed E-state index contributed by atoms with van der Waals surface area (Å²) in [7, 11) is 0. The molecule has 2 aromatic carbocycles. The Morgan fingerprint density at radius 3 is 1.57 bits per heavy atom.